The minimum absolute atomic E-state index is 0.595. The number of carboxylic acids is 1. The van der Waals surface area contributed by atoms with Gasteiger partial charge in [0.05, 0.1) is 0 Å². The van der Waals surface area contributed by atoms with Crippen LogP contribution in [0.3, 0.4) is 0 Å². The van der Waals surface area contributed by atoms with Crippen molar-refractivity contribution < 1.29 is 15.6 Å². The first-order valence-corrected chi connectivity index (χ1v) is 5.50. The molecule has 0 saturated carbocycles. The largest absolute Gasteiger partial charge is 0.543 e. The maximum absolute atomic E-state index is 10.9. The van der Waals surface area contributed by atoms with Gasteiger partial charge in [-0.1, -0.05) is 38.1 Å². The summed E-state index contributed by atoms with van der Waals surface area (Å²) in [6.45, 7) is 5.86. The van der Waals surface area contributed by atoms with Crippen LogP contribution in [0.1, 0.15) is 31.9 Å². The summed E-state index contributed by atoms with van der Waals surface area (Å²) in [6, 6.07) is 7.56. The molecule has 88 valence electrons. The summed E-state index contributed by atoms with van der Waals surface area (Å²) in [5.74, 6) is -0.553. The second-order valence-corrected chi connectivity index (χ2v) is 4.91. The van der Waals surface area contributed by atoms with Gasteiger partial charge >= 0.3 is 0 Å². The average molecular weight is 221 g/mol. The second kappa shape index (κ2) is 4.66. The van der Waals surface area contributed by atoms with Crippen LogP contribution in [0.2, 0.25) is 0 Å². The van der Waals surface area contributed by atoms with Gasteiger partial charge in [-0.3, -0.25) is 0 Å². The number of carboxylic acid groups (broad SMARTS) is 1. The van der Waals surface area contributed by atoms with Crippen LogP contribution in [0.15, 0.2) is 24.3 Å². The van der Waals surface area contributed by atoms with E-state index in [2.05, 4.69) is 19.6 Å². The highest BCUT2D eigenvalue weighted by atomic mass is 16.4. The van der Waals surface area contributed by atoms with E-state index >= 15 is 0 Å². The number of hydrogen-bond donors (Lipinski definition) is 1. The van der Waals surface area contributed by atoms with Crippen molar-refractivity contribution in [2.24, 2.45) is 5.92 Å². The summed E-state index contributed by atoms with van der Waals surface area (Å²) in [7, 11) is 0. The van der Waals surface area contributed by atoms with Crippen LogP contribution in [0, 0.1) is 5.92 Å². The number of quaternary nitrogens is 1. The molecule has 0 saturated heterocycles. The van der Waals surface area contributed by atoms with Crippen molar-refractivity contribution in [1.82, 2.24) is 0 Å². The number of carbonyl (C=O) groups is 1. The normalized spacial score (nSPS) is 14.8. The number of benzene rings is 1. The second-order valence-electron chi connectivity index (χ2n) is 4.91. The molecule has 1 rings (SSSR count). The van der Waals surface area contributed by atoms with Gasteiger partial charge in [0.2, 0.25) is 0 Å². The molecule has 0 aliphatic carbocycles. The van der Waals surface area contributed by atoms with E-state index in [1.165, 1.54) is 5.56 Å². The van der Waals surface area contributed by atoms with Gasteiger partial charge in [-0.05, 0) is 17.9 Å². The first-order chi connectivity index (χ1) is 7.34. The lowest BCUT2D eigenvalue weighted by atomic mass is 9.91. The van der Waals surface area contributed by atoms with Gasteiger partial charge in [0.25, 0.3) is 0 Å². The molecule has 1 atom stereocenters. The lowest BCUT2D eigenvalue weighted by Gasteiger charge is -2.22. The van der Waals surface area contributed by atoms with Gasteiger partial charge < -0.3 is 15.6 Å². The fourth-order valence-electron chi connectivity index (χ4n) is 1.60. The molecule has 16 heavy (non-hydrogen) atoms. The smallest absolute Gasteiger partial charge is 0.157 e. The van der Waals surface area contributed by atoms with Crippen LogP contribution in [-0.4, -0.2) is 5.97 Å². The molecule has 0 radical (unpaired) electrons. The minimum Gasteiger partial charge on any atom is -0.543 e. The molecule has 0 aliphatic rings. The van der Waals surface area contributed by atoms with Crippen molar-refractivity contribution in [2.75, 3.05) is 0 Å². The van der Waals surface area contributed by atoms with Gasteiger partial charge in [-0.2, -0.15) is 0 Å². The van der Waals surface area contributed by atoms with Crippen molar-refractivity contribution in [3.63, 3.8) is 0 Å². The average Bonchev–Trinajstić information content (AvgIpc) is 2.17. The number of aliphatic carboxylic acids is 1. The third kappa shape index (κ3) is 2.83. The van der Waals surface area contributed by atoms with Crippen LogP contribution in [0.25, 0.3) is 0 Å². The highest BCUT2D eigenvalue weighted by Gasteiger charge is 2.26. The predicted octanol–water partition coefficient (Wildman–Crippen LogP) is 0.0921. The van der Waals surface area contributed by atoms with E-state index in [0.29, 0.717) is 11.5 Å². The molecule has 3 nitrogen and oxygen atoms in total. The number of carbonyl (C=O) groups excluding carboxylic acids is 1. The van der Waals surface area contributed by atoms with E-state index < -0.39 is 11.5 Å². The van der Waals surface area contributed by atoms with E-state index in [0.717, 1.165) is 6.42 Å². The molecular formula is C13H19NO2. The van der Waals surface area contributed by atoms with Crippen molar-refractivity contribution in [2.45, 2.75) is 32.7 Å². The Kier molecular flexibility index (Phi) is 3.70. The lowest BCUT2D eigenvalue weighted by molar-refractivity contribution is -0.489. The Labute approximate surface area is 96.3 Å². The highest BCUT2D eigenvalue weighted by Crippen LogP contribution is 2.17. The molecule has 0 unspecified atom stereocenters. The summed E-state index contributed by atoms with van der Waals surface area (Å²) in [5, 5.41) is 10.9. The molecule has 0 aromatic heterocycles. The highest BCUT2D eigenvalue weighted by molar-refractivity contribution is 5.76. The first kappa shape index (κ1) is 12.7. The monoisotopic (exact) mass is 221 g/mol. The predicted molar refractivity (Wildman–Crippen MR) is 60.2 cm³/mol. The molecule has 1 aromatic carbocycles. The fraction of sp³-hybridized carbons (Fsp3) is 0.462. The maximum atomic E-state index is 10.9. The molecular weight excluding hydrogens is 202 g/mol. The quantitative estimate of drug-likeness (QED) is 0.783. The molecule has 0 bridgehead atoms. The van der Waals surface area contributed by atoms with E-state index in [4.69, 9.17) is 0 Å². The maximum Gasteiger partial charge on any atom is 0.157 e. The summed E-state index contributed by atoms with van der Waals surface area (Å²) >= 11 is 0. The summed E-state index contributed by atoms with van der Waals surface area (Å²) in [4.78, 5) is 10.9. The van der Waals surface area contributed by atoms with Crippen LogP contribution in [-0.2, 0) is 16.8 Å². The molecule has 0 heterocycles. The lowest BCUT2D eigenvalue weighted by Crippen LogP contribution is -2.75. The topological polar surface area (TPSA) is 67.8 Å². The Hall–Kier alpha value is -1.35. The Morgan fingerprint density at radius 3 is 2.25 bits per heavy atom. The summed E-state index contributed by atoms with van der Waals surface area (Å²) in [5.41, 5.74) is 4.39. The standard InChI is InChI=1S/C13H19NO2/c1-9(2)8-10-4-6-11(7-5-10)13(3,14)12(15)16/h4-7,9H,8,14H2,1-3H3,(H,15,16)/t13-/m0/s1. The molecule has 3 heteroatoms. The van der Waals surface area contributed by atoms with Gasteiger partial charge in [-0.25, -0.2) is 0 Å². The Morgan fingerprint density at radius 1 is 1.38 bits per heavy atom. The molecule has 3 N–H and O–H groups in total. The summed E-state index contributed by atoms with van der Waals surface area (Å²) < 4.78 is 0. The van der Waals surface area contributed by atoms with E-state index in [1.807, 2.05) is 24.3 Å². The van der Waals surface area contributed by atoms with Crippen LogP contribution in [0.5, 0.6) is 0 Å². The molecule has 1 aromatic rings. The van der Waals surface area contributed by atoms with Gasteiger partial charge in [0.15, 0.2) is 5.54 Å². The van der Waals surface area contributed by atoms with Crippen molar-refractivity contribution >= 4 is 5.97 Å². The molecule has 0 aliphatic heterocycles. The van der Waals surface area contributed by atoms with Gasteiger partial charge in [0, 0.05) is 12.5 Å². The minimum atomic E-state index is -1.17. The fourth-order valence-corrected chi connectivity index (χ4v) is 1.60. The number of hydrogen-bond acceptors (Lipinski definition) is 2. The van der Waals surface area contributed by atoms with Gasteiger partial charge in [-0.15, -0.1) is 0 Å². The van der Waals surface area contributed by atoms with E-state index in [-0.39, 0.29) is 0 Å². The van der Waals surface area contributed by atoms with Gasteiger partial charge in [0.1, 0.15) is 5.97 Å². The Morgan fingerprint density at radius 2 is 1.88 bits per heavy atom. The zero-order valence-electron chi connectivity index (χ0n) is 10.1. The number of rotatable bonds is 4. The van der Waals surface area contributed by atoms with Crippen molar-refractivity contribution in [3.05, 3.63) is 35.4 Å². The third-order valence-corrected chi connectivity index (χ3v) is 2.69. The van der Waals surface area contributed by atoms with Crippen LogP contribution >= 0.6 is 0 Å². The SMILES string of the molecule is CC(C)Cc1ccc([C@](C)([NH3+])C(=O)[O-])cc1. The van der Waals surface area contributed by atoms with Crippen molar-refractivity contribution in [3.8, 4) is 0 Å². The van der Waals surface area contributed by atoms with E-state index in [9.17, 15) is 9.90 Å². The molecule has 0 fully saturated rings. The zero-order chi connectivity index (χ0) is 12.3. The van der Waals surface area contributed by atoms with Crippen LogP contribution in [0.4, 0.5) is 0 Å². The van der Waals surface area contributed by atoms with Crippen LogP contribution < -0.4 is 10.8 Å². The van der Waals surface area contributed by atoms with E-state index in [1.54, 1.807) is 6.92 Å². The Bertz CT molecular complexity index is 366. The molecule has 0 spiro atoms. The van der Waals surface area contributed by atoms with Crippen molar-refractivity contribution in [1.29, 1.82) is 0 Å². The third-order valence-electron chi connectivity index (χ3n) is 2.69. The zero-order valence-corrected chi connectivity index (χ0v) is 10.1. The molecule has 0 amide bonds. The Balaban J connectivity index is 2.91. The summed E-state index contributed by atoms with van der Waals surface area (Å²) in [6.07, 6.45) is 0.999. The first-order valence-electron chi connectivity index (χ1n) is 5.50.